The molecule has 2 amide bonds. The van der Waals surface area contributed by atoms with Crippen molar-refractivity contribution in [3.63, 3.8) is 0 Å². The standard InChI is InChI=1S/C37H45N11O5S/c1-37(2,3)29-23-54-35(39-29)41-33(49)25-15-18-47-31(20-25)40-32(46-17-7-8-27(22-46)53-36(51)38-16-19-45(4)5)28(34(47)50)13-14-30-42-44-48(43-30)21-24-9-11-26(52-6)12-10-24/h9-15,18,20,23,27H,7-8,16-17,19,21-22H2,1-6H3,(H,38,51)(H,39,41,49). The Labute approximate surface area is 316 Å². The van der Waals surface area contributed by atoms with Crippen LogP contribution in [0.2, 0.25) is 0 Å². The third kappa shape index (κ3) is 9.45. The molecule has 0 radical (unpaired) electrons. The number of aromatic nitrogens is 7. The second kappa shape index (κ2) is 16.6. The van der Waals surface area contributed by atoms with Crippen molar-refractivity contribution in [3.05, 3.63) is 86.5 Å². The smallest absolute Gasteiger partial charge is 0.407 e. The number of likely N-dealkylation sites (N-methyl/N-ethyl adjacent to an activating group) is 1. The Morgan fingerprint density at radius 1 is 1.11 bits per heavy atom. The first-order valence-corrected chi connectivity index (χ1v) is 18.5. The molecule has 17 heteroatoms. The van der Waals surface area contributed by atoms with Crippen LogP contribution in [0.4, 0.5) is 15.7 Å². The topological polar surface area (TPSA) is 174 Å². The van der Waals surface area contributed by atoms with Crippen LogP contribution in [0.5, 0.6) is 5.75 Å². The van der Waals surface area contributed by atoms with E-state index in [1.807, 2.05) is 53.5 Å². The van der Waals surface area contributed by atoms with Crippen molar-refractivity contribution in [3.8, 4) is 5.75 Å². The number of anilines is 2. The molecule has 0 saturated carbocycles. The average molecular weight is 756 g/mol. The van der Waals surface area contributed by atoms with Crippen molar-refractivity contribution in [2.45, 2.75) is 51.7 Å². The van der Waals surface area contributed by atoms with E-state index < -0.39 is 12.2 Å². The van der Waals surface area contributed by atoms with Crippen molar-refractivity contribution >= 4 is 52.1 Å². The van der Waals surface area contributed by atoms with Crippen LogP contribution < -0.4 is 25.8 Å². The van der Waals surface area contributed by atoms with E-state index in [-0.39, 0.29) is 28.1 Å². The van der Waals surface area contributed by atoms with E-state index >= 15 is 0 Å². The number of nitrogens with zero attached hydrogens (tertiary/aromatic N) is 9. The minimum Gasteiger partial charge on any atom is -0.497 e. The maximum absolute atomic E-state index is 14.2. The molecule has 0 bridgehead atoms. The van der Waals surface area contributed by atoms with Gasteiger partial charge in [0.15, 0.2) is 11.0 Å². The van der Waals surface area contributed by atoms with Gasteiger partial charge in [0.05, 0.1) is 31.5 Å². The molecule has 54 heavy (non-hydrogen) atoms. The van der Waals surface area contributed by atoms with Gasteiger partial charge >= 0.3 is 6.09 Å². The van der Waals surface area contributed by atoms with Crippen LogP contribution in [0, 0.1) is 0 Å². The first kappa shape index (κ1) is 38.1. The predicted molar refractivity (Wildman–Crippen MR) is 207 cm³/mol. The third-order valence-electron chi connectivity index (χ3n) is 8.73. The van der Waals surface area contributed by atoms with E-state index in [9.17, 15) is 14.4 Å². The lowest BCUT2D eigenvalue weighted by Gasteiger charge is -2.34. The summed E-state index contributed by atoms with van der Waals surface area (Å²) >= 11 is 1.35. The van der Waals surface area contributed by atoms with Gasteiger partial charge in [-0.2, -0.15) is 4.80 Å². The highest BCUT2D eigenvalue weighted by Crippen LogP contribution is 2.27. The highest BCUT2D eigenvalue weighted by atomic mass is 32.1. The van der Waals surface area contributed by atoms with E-state index in [1.54, 1.807) is 31.4 Å². The molecule has 284 valence electrons. The Kier molecular flexibility index (Phi) is 11.7. The van der Waals surface area contributed by atoms with Gasteiger partial charge in [-0.15, -0.1) is 21.5 Å². The molecule has 0 spiro atoms. The molecule has 1 atom stereocenters. The number of fused-ring (bicyclic) bond motifs is 1. The van der Waals surface area contributed by atoms with Crippen LogP contribution >= 0.6 is 11.3 Å². The Morgan fingerprint density at radius 3 is 2.63 bits per heavy atom. The van der Waals surface area contributed by atoms with Crippen molar-refractivity contribution < 1.29 is 19.1 Å². The molecule has 2 N–H and O–H groups in total. The summed E-state index contributed by atoms with van der Waals surface area (Å²) in [5.41, 5.74) is 2.20. The predicted octanol–water partition coefficient (Wildman–Crippen LogP) is 4.17. The van der Waals surface area contributed by atoms with Crippen LogP contribution in [0.15, 0.2) is 52.8 Å². The van der Waals surface area contributed by atoms with Gasteiger partial charge < -0.3 is 24.6 Å². The first-order chi connectivity index (χ1) is 25.9. The number of tetrazole rings is 1. The van der Waals surface area contributed by atoms with Crippen molar-refractivity contribution in [2.75, 3.05) is 57.6 Å². The fourth-order valence-corrected chi connectivity index (χ4v) is 6.69. The van der Waals surface area contributed by atoms with Crippen LogP contribution in [-0.4, -0.2) is 105 Å². The number of alkyl carbamates (subject to hydrolysis) is 1. The second-order valence-corrected chi connectivity index (χ2v) is 15.1. The summed E-state index contributed by atoms with van der Waals surface area (Å²) in [5, 5.41) is 20.9. The third-order valence-corrected chi connectivity index (χ3v) is 9.49. The maximum Gasteiger partial charge on any atom is 0.407 e. The van der Waals surface area contributed by atoms with E-state index in [2.05, 4.69) is 51.8 Å². The summed E-state index contributed by atoms with van der Waals surface area (Å²) in [6.45, 7) is 8.59. The Balaban J connectivity index is 1.28. The molecule has 1 saturated heterocycles. The van der Waals surface area contributed by atoms with Gasteiger partial charge in [-0.3, -0.25) is 19.3 Å². The molecule has 5 heterocycles. The Bertz CT molecular complexity index is 2190. The van der Waals surface area contributed by atoms with E-state index in [0.717, 1.165) is 17.0 Å². The summed E-state index contributed by atoms with van der Waals surface area (Å²) in [6, 6.07) is 10.7. The minimum absolute atomic E-state index is 0.158. The summed E-state index contributed by atoms with van der Waals surface area (Å²) in [6.07, 6.45) is 5.21. The Hall–Kier alpha value is -5.68. The molecule has 4 aromatic heterocycles. The van der Waals surface area contributed by atoms with Gasteiger partial charge in [0, 0.05) is 42.2 Å². The lowest BCUT2D eigenvalue weighted by atomic mass is 9.93. The summed E-state index contributed by atoms with van der Waals surface area (Å²) in [7, 11) is 5.47. The number of rotatable bonds is 12. The van der Waals surface area contributed by atoms with Gasteiger partial charge in [0.1, 0.15) is 23.3 Å². The van der Waals surface area contributed by atoms with Gasteiger partial charge in [0.25, 0.3) is 11.5 Å². The summed E-state index contributed by atoms with van der Waals surface area (Å²) in [4.78, 5) is 55.0. The lowest BCUT2D eigenvalue weighted by Crippen LogP contribution is -2.44. The monoisotopic (exact) mass is 755 g/mol. The van der Waals surface area contributed by atoms with E-state index in [1.165, 1.54) is 26.7 Å². The molecule has 1 fully saturated rings. The summed E-state index contributed by atoms with van der Waals surface area (Å²) in [5.74, 6) is 1.06. The summed E-state index contributed by atoms with van der Waals surface area (Å²) < 4.78 is 12.4. The van der Waals surface area contributed by atoms with Crippen LogP contribution in [0.25, 0.3) is 17.8 Å². The zero-order valence-corrected chi connectivity index (χ0v) is 32.1. The van der Waals surface area contributed by atoms with Crippen LogP contribution in [0.3, 0.4) is 0 Å². The van der Waals surface area contributed by atoms with Crippen molar-refractivity contribution in [2.24, 2.45) is 0 Å². The number of hydrogen-bond acceptors (Lipinski definition) is 13. The molecule has 6 rings (SSSR count). The number of ether oxygens (including phenoxy) is 2. The number of piperidine rings is 1. The molecule has 1 aliphatic rings. The van der Waals surface area contributed by atoms with Gasteiger partial charge in [-0.25, -0.2) is 14.8 Å². The molecule has 1 unspecified atom stereocenters. The fourth-order valence-electron chi connectivity index (χ4n) is 5.76. The quantitative estimate of drug-likeness (QED) is 0.186. The highest BCUT2D eigenvalue weighted by molar-refractivity contribution is 7.14. The molecule has 16 nitrogen and oxygen atoms in total. The minimum atomic E-state index is -0.496. The van der Waals surface area contributed by atoms with Gasteiger partial charge in [0.2, 0.25) is 0 Å². The molecule has 1 aliphatic heterocycles. The van der Waals surface area contributed by atoms with Crippen LogP contribution in [0.1, 0.15) is 66.6 Å². The molecule has 5 aromatic rings. The van der Waals surface area contributed by atoms with Crippen molar-refractivity contribution in [1.29, 1.82) is 0 Å². The zero-order chi connectivity index (χ0) is 38.4. The van der Waals surface area contributed by atoms with Crippen molar-refractivity contribution in [1.82, 2.24) is 44.8 Å². The fraction of sp³-hybridized carbons (Fsp3) is 0.405. The zero-order valence-electron chi connectivity index (χ0n) is 31.3. The number of carbonyl (C=O) groups excluding carboxylic acids is 2. The highest BCUT2D eigenvalue weighted by Gasteiger charge is 2.27. The Morgan fingerprint density at radius 2 is 1.91 bits per heavy atom. The number of pyridine rings is 1. The normalized spacial score (nSPS) is 14.9. The lowest BCUT2D eigenvalue weighted by molar-refractivity contribution is 0.0878. The number of benzene rings is 1. The second-order valence-electron chi connectivity index (χ2n) is 14.2. The van der Waals surface area contributed by atoms with E-state index in [4.69, 9.17) is 14.5 Å². The van der Waals surface area contributed by atoms with E-state index in [0.29, 0.717) is 67.9 Å². The average Bonchev–Trinajstić information content (AvgIpc) is 3.81. The maximum atomic E-state index is 14.2. The molecular formula is C37H45N11O5S. The van der Waals surface area contributed by atoms with Gasteiger partial charge in [-0.05, 0) is 74.1 Å². The number of carbonyl (C=O) groups is 2. The largest absolute Gasteiger partial charge is 0.497 e. The number of nitrogens with one attached hydrogen (secondary N) is 2. The van der Waals surface area contributed by atoms with Gasteiger partial charge in [-0.1, -0.05) is 32.9 Å². The number of hydrogen-bond donors (Lipinski definition) is 2. The number of thiazole rings is 1. The SMILES string of the molecule is COc1ccc(Cn2nnc(C=Cc3c(N4CCCC(OC(=O)NCCN(C)C)C4)nc4cc(C(=O)Nc5nc(C(C)(C)C)cs5)ccn4c3=O)n2)cc1. The number of amides is 2. The molecular weight excluding hydrogens is 711 g/mol. The molecule has 0 aliphatic carbocycles. The molecule has 1 aromatic carbocycles. The van der Waals surface area contributed by atoms with Crippen LogP contribution in [-0.2, 0) is 16.7 Å². The number of methoxy groups -OCH3 is 1. The first-order valence-electron chi connectivity index (χ1n) is 17.6.